The summed E-state index contributed by atoms with van der Waals surface area (Å²) < 4.78 is 0.705. The Bertz CT molecular complexity index is 617. The van der Waals surface area contributed by atoms with Crippen molar-refractivity contribution in [2.45, 2.75) is 26.3 Å². The fourth-order valence-electron chi connectivity index (χ4n) is 1.72. The number of carbonyl (C=O) groups excluding carboxylic acids is 1. The maximum absolute atomic E-state index is 12.2. The number of amides is 1. The predicted molar refractivity (Wildman–Crippen MR) is 86.0 cm³/mol. The molecule has 2 rings (SSSR count). The lowest BCUT2D eigenvalue weighted by atomic mass is 10.2. The largest absolute Gasteiger partial charge is 0.369 e. The Balaban J connectivity index is 2.02. The monoisotopic (exact) mass is 324 g/mol. The third-order valence-electron chi connectivity index (χ3n) is 2.79. The number of nitrogens with one attached hydrogen (secondary N) is 2. The minimum Gasteiger partial charge on any atom is -0.369 e. The summed E-state index contributed by atoms with van der Waals surface area (Å²) in [4.78, 5) is 21.5. The van der Waals surface area contributed by atoms with Crippen LogP contribution in [0.4, 0.5) is 5.82 Å². The van der Waals surface area contributed by atoms with Gasteiger partial charge in [-0.15, -0.1) is 11.3 Å². The molecule has 0 bridgehead atoms. The Kier molecular flexibility index (Phi) is 5.52. The smallest absolute Gasteiger partial charge is 0.272 e. The number of aromatic nitrogens is 2. The van der Waals surface area contributed by atoms with E-state index in [0.717, 1.165) is 17.8 Å². The zero-order valence-electron chi connectivity index (χ0n) is 11.9. The van der Waals surface area contributed by atoms with E-state index in [4.69, 9.17) is 11.6 Å². The van der Waals surface area contributed by atoms with Gasteiger partial charge in [-0.3, -0.25) is 9.78 Å². The first-order valence-electron chi connectivity index (χ1n) is 6.72. The van der Waals surface area contributed by atoms with Crippen LogP contribution in [0.5, 0.6) is 0 Å². The number of carbonyl (C=O) groups is 1. The Morgan fingerprint density at radius 2 is 2.24 bits per heavy atom. The number of hydrogen-bond acceptors (Lipinski definition) is 5. The van der Waals surface area contributed by atoms with Crippen LogP contribution in [0.25, 0.3) is 0 Å². The fourth-order valence-corrected chi connectivity index (χ4v) is 2.78. The number of anilines is 1. The third kappa shape index (κ3) is 4.41. The summed E-state index contributed by atoms with van der Waals surface area (Å²) in [6.45, 7) is 4.77. The molecule has 0 radical (unpaired) electrons. The molecule has 2 aromatic heterocycles. The first kappa shape index (κ1) is 15.7. The van der Waals surface area contributed by atoms with Gasteiger partial charge in [0.1, 0.15) is 11.5 Å². The van der Waals surface area contributed by atoms with Crippen LogP contribution in [0.3, 0.4) is 0 Å². The summed E-state index contributed by atoms with van der Waals surface area (Å²) in [5.74, 6) is 0.357. The average molecular weight is 325 g/mol. The van der Waals surface area contributed by atoms with Crippen molar-refractivity contribution in [2.75, 3.05) is 11.9 Å². The molecule has 112 valence electrons. The van der Waals surface area contributed by atoms with E-state index < -0.39 is 0 Å². The van der Waals surface area contributed by atoms with Crippen molar-refractivity contribution in [1.82, 2.24) is 15.3 Å². The minimum atomic E-state index is -0.250. The van der Waals surface area contributed by atoms with Crippen molar-refractivity contribution in [3.05, 3.63) is 39.4 Å². The van der Waals surface area contributed by atoms with Gasteiger partial charge in [0.15, 0.2) is 0 Å². The molecule has 1 unspecified atom stereocenters. The molecule has 0 aromatic carbocycles. The molecule has 0 fully saturated rings. The van der Waals surface area contributed by atoms with Crippen LogP contribution in [-0.2, 0) is 0 Å². The van der Waals surface area contributed by atoms with Gasteiger partial charge in [-0.05, 0) is 25.5 Å². The van der Waals surface area contributed by atoms with Gasteiger partial charge in [-0.1, -0.05) is 18.5 Å². The highest BCUT2D eigenvalue weighted by Crippen LogP contribution is 2.26. The van der Waals surface area contributed by atoms with Crippen LogP contribution >= 0.6 is 22.9 Å². The molecular formula is C14H17ClN4OS. The van der Waals surface area contributed by atoms with Gasteiger partial charge in [-0.25, -0.2) is 4.98 Å². The second-order valence-corrected chi connectivity index (χ2v) is 6.30. The summed E-state index contributed by atoms with van der Waals surface area (Å²) in [6.07, 6.45) is 4.05. The SMILES string of the molecule is CCCNc1cncc(C(=O)NC(C)c2ccc(Cl)s2)n1. The van der Waals surface area contributed by atoms with Crippen LogP contribution < -0.4 is 10.6 Å². The molecule has 0 aliphatic rings. The summed E-state index contributed by atoms with van der Waals surface area (Å²) >= 11 is 7.35. The summed E-state index contributed by atoms with van der Waals surface area (Å²) in [7, 11) is 0. The van der Waals surface area contributed by atoms with Crippen LogP contribution in [0.15, 0.2) is 24.5 Å². The predicted octanol–water partition coefficient (Wildman–Crippen LogP) is 3.50. The fraction of sp³-hybridized carbons (Fsp3) is 0.357. The molecule has 2 aromatic rings. The van der Waals surface area contributed by atoms with Gasteiger partial charge in [0.2, 0.25) is 0 Å². The van der Waals surface area contributed by atoms with Crippen molar-refractivity contribution in [3.8, 4) is 0 Å². The molecule has 21 heavy (non-hydrogen) atoms. The minimum absolute atomic E-state index is 0.121. The molecule has 0 aliphatic carbocycles. The van der Waals surface area contributed by atoms with E-state index in [2.05, 4.69) is 27.5 Å². The zero-order valence-corrected chi connectivity index (χ0v) is 13.5. The van der Waals surface area contributed by atoms with Crippen LogP contribution in [0.2, 0.25) is 4.34 Å². The first-order valence-corrected chi connectivity index (χ1v) is 7.91. The standard InChI is InChI=1S/C14H17ClN4OS/c1-3-6-17-13-8-16-7-10(19-13)14(20)18-9(2)11-4-5-12(15)21-11/h4-5,7-9H,3,6H2,1-2H3,(H,17,19)(H,18,20). The van der Waals surface area contributed by atoms with Crippen LogP contribution in [0, 0.1) is 0 Å². The molecule has 0 saturated carbocycles. The maximum atomic E-state index is 12.2. The molecule has 0 saturated heterocycles. The molecule has 1 atom stereocenters. The molecule has 2 N–H and O–H groups in total. The quantitative estimate of drug-likeness (QED) is 0.853. The van der Waals surface area contributed by atoms with Gasteiger partial charge in [-0.2, -0.15) is 0 Å². The Labute approximate surface area is 132 Å². The van der Waals surface area contributed by atoms with Crippen LogP contribution in [-0.4, -0.2) is 22.4 Å². The van der Waals surface area contributed by atoms with E-state index in [1.165, 1.54) is 17.5 Å². The van der Waals surface area contributed by atoms with Crippen molar-refractivity contribution in [3.63, 3.8) is 0 Å². The lowest BCUT2D eigenvalue weighted by Crippen LogP contribution is -2.27. The van der Waals surface area contributed by atoms with Crippen molar-refractivity contribution >= 4 is 34.7 Å². The lowest BCUT2D eigenvalue weighted by Gasteiger charge is -2.12. The normalized spacial score (nSPS) is 12.0. The second-order valence-electron chi connectivity index (χ2n) is 4.55. The molecule has 7 heteroatoms. The average Bonchev–Trinajstić information content (AvgIpc) is 2.92. The van der Waals surface area contributed by atoms with E-state index in [0.29, 0.717) is 15.8 Å². The van der Waals surface area contributed by atoms with Crippen molar-refractivity contribution in [2.24, 2.45) is 0 Å². The van der Waals surface area contributed by atoms with Gasteiger partial charge < -0.3 is 10.6 Å². The van der Waals surface area contributed by atoms with E-state index >= 15 is 0 Å². The number of nitrogens with zero attached hydrogens (tertiary/aromatic N) is 2. The van der Waals surface area contributed by atoms with E-state index in [-0.39, 0.29) is 11.9 Å². The van der Waals surface area contributed by atoms with Gasteiger partial charge in [0.25, 0.3) is 5.91 Å². The lowest BCUT2D eigenvalue weighted by molar-refractivity contribution is 0.0935. The Hall–Kier alpha value is -1.66. The number of halogens is 1. The highest BCUT2D eigenvalue weighted by Gasteiger charge is 2.14. The van der Waals surface area contributed by atoms with Gasteiger partial charge in [0, 0.05) is 11.4 Å². The highest BCUT2D eigenvalue weighted by atomic mass is 35.5. The zero-order chi connectivity index (χ0) is 15.2. The molecule has 0 aliphatic heterocycles. The number of rotatable bonds is 6. The molecule has 2 heterocycles. The van der Waals surface area contributed by atoms with Gasteiger partial charge >= 0.3 is 0 Å². The topological polar surface area (TPSA) is 66.9 Å². The maximum Gasteiger partial charge on any atom is 0.272 e. The van der Waals surface area contributed by atoms with Crippen molar-refractivity contribution < 1.29 is 4.79 Å². The molecule has 0 spiro atoms. The highest BCUT2D eigenvalue weighted by molar-refractivity contribution is 7.16. The van der Waals surface area contributed by atoms with E-state index in [1.807, 2.05) is 19.1 Å². The number of hydrogen-bond donors (Lipinski definition) is 2. The molecule has 1 amide bonds. The third-order valence-corrected chi connectivity index (χ3v) is 4.21. The molecule has 5 nitrogen and oxygen atoms in total. The Morgan fingerprint density at radius 3 is 2.90 bits per heavy atom. The van der Waals surface area contributed by atoms with E-state index in [1.54, 1.807) is 6.20 Å². The summed E-state index contributed by atoms with van der Waals surface area (Å²) in [5, 5.41) is 6.00. The molecular weight excluding hydrogens is 308 g/mol. The van der Waals surface area contributed by atoms with Crippen LogP contribution in [0.1, 0.15) is 41.7 Å². The van der Waals surface area contributed by atoms with Crippen molar-refractivity contribution in [1.29, 1.82) is 0 Å². The Morgan fingerprint density at radius 1 is 1.43 bits per heavy atom. The first-order chi connectivity index (χ1) is 10.1. The summed E-state index contributed by atoms with van der Waals surface area (Å²) in [5.41, 5.74) is 0.297. The second kappa shape index (κ2) is 7.38. The van der Waals surface area contributed by atoms with E-state index in [9.17, 15) is 4.79 Å². The summed E-state index contributed by atoms with van der Waals surface area (Å²) in [6, 6.07) is 3.60. The number of thiophene rings is 1. The van der Waals surface area contributed by atoms with Gasteiger partial charge in [0.05, 0.1) is 22.8 Å².